The SMILES string of the molecule is COCc1nn(CCOCC(F)(F)F)c2c(Nc3cc(C)ccn3)nc(N3CCN[C@H](C)C3)nc12. The van der Waals surface area contributed by atoms with Crippen molar-refractivity contribution in [2.75, 3.05) is 50.2 Å². The second-order valence-electron chi connectivity index (χ2n) is 8.48. The number of hydrogen-bond acceptors (Lipinski definition) is 9. The minimum absolute atomic E-state index is 0.0829. The lowest BCUT2D eigenvalue weighted by atomic mass is 10.2. The van der Waals surface area contributed by atoms with Gasteiger partial charge in [-0.05, 0) is 31.5 Å². The van der Waals surface area contributed by atoms with Crippen LogP contribution in [0.5, 0.6) is 0 Å². The molecule has 35 heavy (non-hydrogen) atoms. The van der Waals surface area contributed by atoms with Gasteiger partial charge in [0.05, 0.1) is 19.8 Å². The van der Waals surface area contributed by atoms with Crippen molar-refractivity contribution in [3.05, 3.63) is 29.6 Å². The number of pyridine rings is 1. The Labute approximate surface area is 200 Å². The molecule has 190 valence electrons. The third-order valence-electron chi connectivity index (χ3n) is 5.45. The second kappa shape index (κ2) is 10.7. The fourth-order valence-corrected chi connectivity index (χ4v) is 3.93. The zero-order valence-corrected chi connectivity index (χ0v) is 19.9. The third-order valence-corrected chi connectivity index (χ3v) is 5.45. The number of nitrogens with zero attached hydrogens (tertiary/aromatic N) is 6. The van der Waals surface area contributed by atoms with E-state index in [2.05, 4.69) is 32.5 Å². The summed E-state index contributed by atoms with van der Waals surface area (Å²) in [6.07, 6.45) is -2.71. The Hall–Kier alpha value is -3.03. The maximum absolute atomic E-state index is 12.5. The summed E-state index contributed by atoms with van der Waals surface area (Å²) in [5.41, 5.74) is 2.68. The molecule has 4 rings (SSSR count). The van der Waals surface area contributed by atoms with Gasteiger partial charge < -0.3 is 25.0 Å². The van der Waals surface area contributed by atoms with Gasteiger partial charge in [-0.2, -0.15) is 23.3 Å². The van der Waals surface area contributed by atoms with Gasteiger partial charge in [-0.25, -0.2) is 9.97 Å². The molecule has 1 saturated heterocycles. The number of alkyl halides is 3. The minimum atomic E-state index is -4.39. The molecule has 0 aromatic carbocycles. The Bertz CT molecular complexity index is 1150. The summed E-state index contributed by atoms with van der Waals surface area (Å²) in [5, 5.41) is 11.2. The average Bonchev–Trinajstić information content (AvgIpc) is 3.14. The number of ether oxygens (including phenoxy) is 2. The van der Waals surface area contributed by atoms with Crippen molar-refractivity contribution < 1.29 is 22.6 Å². The Balaban J connectivity index is 1.75. The minimum Gasteiger partial charge on any atom is -0.378 e. The molecule has 3 aromatic heterocycles. The van der Waals surface area contributed by atoms with E-state index in [0.29, 0.717) is 34.3 Å². The number of hydrogen-bond donors (Lipinski definition) is 2. The highest BCUT2D eigenvalue weighted by Crippen LogP contribution is 2.29. The van der Waals surface area contributed by atoms with Crippen molar-refractivity contribution in [1.82, 2.24) is 30.0 Å². The molecule has 1 fully saturated rings. The maximum atomic E-state index is 12.5. The Morgan fingerprint density at radius 3 is 2.83 bits per heavy atom. The van der Waals surface area contributed by atoms with E-state index in [9.17, 15) is 13.2 Å². The van der Waals surface area contributed by atoms with Gasteiger partial charge >= 0.3 is 6.18 Å². The highest BCUT2D eigenvalue weighted by atomic mass is 19.4. The molecule has 1 atom stereocenters. The molecule has 0 spiro atoms. The molecule has 0 unspecified atom stereocenters. The third kappa shape index (κ3) is 6.35. The summed E-state index contributed by atoms with van der Waals surface area (Å²) in [5.74, 6) is 1.57. The summed E-state index contributed by atoms with van der Waals surface area (Å²) in [7, 11) is 1.55. The Morgan fingerprint density at radius 1 is 1.29 bits per heavy atom. The van der Waals surface area contributed by atoms with Crippen molar-refractivity contribution >= 4 is 28.6 Å². The topological polar surface area (TPSA) is 102 Å². The summed E-state index contributed by atoms with van der Waals surface area (Å²) < 4.78 is 49.3. The summed E-state index contributed by atoms with van der Waals surface area (Å²) in [4.78, 5) is 16.1. The van der Waals surface area contributed by atoms with Crippen molar-refractivity contribution in [3.63, 3.8) is 0 Å². The van der Waals surface area contributed by atoms with Crippen LogP contribution in [0.1, 0.15) is 18.2 Å². The first kappa shape index (κ1) is 25.1. The number of nitrogens with one attached hydrogen (secondary N) is 2. The molecule has 1 aliphatic rings. The first-order chi connectivity index (χ1) is 16.7. The molecular formula is C22H29F3N8O2. The van der Waals surface area contributed by atoms with Gasteiger partial charge in [0, 0.05) is 39.0 Å². The van der Waals surface area contributed by atoms with Crippen LogP contribution in [0.15, 0.2) is 18.3 Å². The van der Waals surface area contributed by atoms with Gasteiger partial charge in [0.1, 0.15) is 29.2 Å². The van der Waals surface area contributed by atoms with Crippen LogP contribution in [0, 0.1) is 6.92 Å². The number of halogens is 3. The van der Waals surface area contributed by atoms with Crippen molar-refractivity contribution in [2.24, 2.45) is 0 Å². The zero-order valence-electron chi connectivity index (χ0n) is 19.9. The number of anilines is 3. The highest BCUT2D eigenvalue weighted by Gasteiger charge is 2.28. The first-order valence-electron chi connectivity index (χ1n) is 11.3. The maximum Gasteiger partial charge on any atom is 0.411 e. The first-order valence-corrected chi connectivity index (χ1v) is 11.3. The van der Waals surface area contributed by atoms with E-state index in [0.717, 1.165) is 25.2 Å². The lowest BCUT2D eigenvalue weighted by Gasteiger charge is -2.32. The van der Waals surface area contributed by atoms with Crippen LogP contribution in [0.2, 0.25) is 0 Å². The molecule has 2 N–H and O–H groups in total. The Kier molecular flexibility index (Phi) is 7.67. The fraction of sp³-hybridized carbons (Fsp3) is 0.545. The highest BCUT2D eigenvalue weighted by molar-refractivity contribution is 5.90. The van der Waals surface area contributed by atoms with Crippen molar-refractivity contribution in [2.45, 2.75) is 39.2 Å². The van der Waals surface area contributed by atoms with Crippen molar-refractivity contribution in [3.8, 4) is 0 Å². The van der Waals surface area contributed by atoms with Gasteiger partial charge in [0.15, 0.2) is 5.82 Å². The van der Waals surface area contributed by atoms with E-state index in [1.807, 2.05) is 19.1 Å². The van der Waals surface area contributed by atoms with Gasteiger partial charge in [-0.1, -0.05) is 0 Å². The second-order valence-corrected chi connectivity index (χ2v) is 8.48. The van der Waals surface area contributed by atoms with Crippen LogP contribution in [0.25, 0.3) is 11.0 Å². The molecule has 0 aliphatic carbocycles. The molecule has 0 saturated carbocycles. The van der Waals surface area contributed by atoms with Crippen LogP contribution in [0.3, 0.4) is 0 Å². The molecule has 0 bridgehead atoms. The van der Waals surface area contributed by atoms with E-state index in [-0.39, 0.29) is 25.8 Å². The van der Waals surface area contributed by atoms with Crippen LogP contribution < -0.4 is 15.5 Å². The molecule has 0 amide bonds. The van der Waals surface area contributed by atoms with E-state index in [1.165, 1.54) is 0 Å². The quantitative estimate of drug-likeness (QED) is 0.435. The van der Waals surface area contributed by atoms with Crippen LogP contribution in [0.4, 0.5) is 30.8 Å². The zero-order chi connectivity index (χ0) is 25.0. The number of aryl methyl sites for hydroxylation is 1. The van der Waals surface area contributed by atoms with Crippen LogP contribution in [-0.2, 0) is 22.6 Å². The van der Waals surface area contributed by atoms with Gasteiger partial charge in [0.25, 0.3) is 0 Å². The monoisotopic (exact) mass is 494 g/mol. The van der Waals surface area contributed by atoms with Crippen LogP contribution >= 0.6 is 0 Å². The summed E-state index contributed by atoms with van der Waals surface area (Å²) in [6, 6.07) is 4.03. The average molecular weight is 495 g/mol. The smallest absolute Gasteiger partial charge is 0.378 e. The molecule has 1 aliphatic heterocycles. The van der Waals surface area contributed by atoms with E-state index < -0.39 is 12.8 Å². The molecule has 13 heteroatoms. The number of methoxy groups -OCH3 is 1. The molecular weight excluding hydrogens is 465 g/mol. The number of aromatic nitrogens is 5. The standard InChI is InChI=1S/C22H29F3N8O2/c1-14-4-5-27-17(10-14)28-20-19-18(29-21(30-20)32-7-6-26-15(2)11-32)16(12-34-3)31-33(19)8-9-35-13-22(23,24)25/h4-5,10,15,26H,6-9,11-13H2,1-3H3,(H,27,28,29,30)/t15-/m1/s1. The van der Waals surface area contributed by atoms with E-state index in [1.54, 1.807) is 18.0 Å². The van der Waals surface area contributed by atoms with Gasteiger partial charge in [0.2, 0.25) is 5.95 Å². The predicted molar refractivity (Wildman–Crippen MR) is 125 cm³/mol. The lowest BCUT2D eigenvalue weighted by Crippen LogP contribution is -2.49. The molecule has 0 radical (unpaired) electrons. The molecule has 4 heterocycles. The number of rotatable bonds is 9. The van der Waals surface area contributed by atoms with E-state index >= 15 is 0 Å². The van der Waals surface area contributed by atoms with Crippen molar-refractivity contribution in [1.29, 1.82) is 0 Å². The summed E-state index contributed by atoms with van der Waals surface area (Å²) >= 11 is 0. The number of fused-ring (bicyclic) bond motifs is 1. The van der Waals surface area contributed by atoms with Crippen LogP contribution in [-0.4, -0.2) is 76.9 Å². The number of piperazine rings is 1. The summed E-state index contributed by atoms with van der Waals surface area (Å²) in [6.45, 7) is 5.07. The fourth-order valence-electron chi connectivity index (χ4n) is 3.93. The predicted octanol–water partition coefficient (Wildman–Crippen LogP) is 2.80. The van der Waals surface area contributed by atoms with E-state index in [4.69, 9.17) is 19.4 Å². The van der Waals surface area contributed by atoms with Gasteiger partial charge in [-0.15, -0.1) is 0 Å². The van der Waals surface area contributed by atoms with Gasteiger partial charge in [-0.3, -0.25) is 4.68 Å². The Morgan fingerprint density at radius 2 is 2.11 bits per heavy atom. The molecule has 10 nitrogen and oxygen atoms in total. The molecule has 3 aromatic rings. The largest absolute Gasteiger partial charge is 0.411 e. The lowest BCUT2D eigenvalue weighted by molar-refractivity contribution is -0.174. The normalized spacial score (nSPS) is 16.7.